The van der Waals surface area contributed by atoms with Crippen LogP contribution >= 0.6 is 0 Å². The molecule has 0 saturated heterocycles. The van der Waals surface area contributed by atoms with E-state index in [0.717, 1.165) is 55.6 Å². The van der Waals surface area contributed by atoms with E-state index >= 15 is 0 Å². The number of fused-ring (bicyclic) bond motifs is 9. The molecule has 0 aliphatic rings. The number of rotatable bonds is 5. The predicted molar refractivity (Wildman–Crippen MR) is 239 cm³/mol. The van der Waals surface area contributed by atoms with E-state index in [4.69, 9.17) is 4.42 Å². The van der Waals surface area contributed by atoms with Crippen molar-refractivity contribution >= 4 is 65.6 Å². The van der Waals surface area contributed by atoms with Gasteiger partial charge >= 0.3 is 0 Å². The minimum Gasteiger partial charge on any atom is -0.456 e. The predicted octanol–water partition coefficient (Wildman–Crippen LogP) is 14.8. The standard InChI is InChI=1S/C54H34N2O/c1-3-15-39(16-4-1)55-49-26-10-7-19-43(49)47-24-13-22-41(53(47)55)37-31-36(35-29-30-46-45-21-9-12-28-51(45)57-52(46)34-35)32-38(33-37)42-23-14-25-48-44-20-8-11-27-50(44)56(54(42)48)40-17-5-2-6-18-40/h1-34H. The largest absolute Gasteiger partial charge is 0.456 e. The SMILES string of the molecule is c1ccc(-n2c3ccccc3c3cccc(-c4cc(-c5ccc6c(c5)oc5ccccc56)cc(-c5cccc6c7ccccc7n(-c7ccccc7)c56)c4)c32)cc1. The third-order valence-electron chi connectivity index (χ3n) is 11.7. The topological polar surface area (TPSA) is 23.0 Å². The molecule has 9 aromatic carbocycles. The summed E-state index contributed by atoms with van der Waals surface area (Å²) in [6.07, 6.45) is 0. The molecule has 0 bridgehead atoms. The molecule has 0 aliphatic carbocycles. The number of benzene rings is 9. The lowest BCUT2D eigenvalue weighted by Gasteiger charge is -2.16. The van der Waals surface area contributed by atoms with Crippen LogP contribution < -0.4 is 0 Å². The highest BCUT2D eigenvalue weighted by molar-refractivity contribution is 6.16. The van der Waals surface area contributed by atoms with Gasteiger partial charge in [0.05, 0.1) is 22.1 Å². The number of furan rings is 1. The van der Waals surface area contributed by atoms with Crippen LogP contribution in [0.5, 0.6) is 0 Å². The van der Waals surface area contributed by atoms with E-state index in [-0.39, 0.29) is 0 Å². The summed E-state index contributed by atoms with van der Waals surface area (Å²) in [7, 11) is 0. The number of para-hydroxylation sites is 7. The molecule has 0 aliphatic heterocycles. The lowest BCUT2D eigenvalue weighted by atomic mass is 9.91. The van der Waals surface area contributed by atoms with Crippen molar-refractivity contribution in [2.24, 2.45) is 0 Å². The molecule has 0 saturated carbocycles. The van der Waals surface area contributed by atoms with Crippen LogP contribution in [0.2, 0.25) is 0 Å². The molecule has 266 valence electrons. The van der Waals surface area contributed by atoms with E-state index in [0.29, 0.717) is 0 Å². The molecule has 0 N–H and O–H groups in total. The maximum Gasteiger partial charge on any atom is 0.136 e. The molecule has 0 spiro atoms. The van der Waals surface area contributed by atoms with Gasteiger partial charge in [-0.05, 0) is 95.1 Å². The van der Waals surface area contributed by atoms with Gasteiger partial charge in [-0.2, -0.15) is 0 Å². The molecule has 3 aromatic heterocycles. The maximum atomic E-state index is 6.45. The van der Waals surface area contributed by atoms with E-state index in [1.54, 1.807) is 0 Å². The molecule has 0 amide bonds. The van der Waals surface area contributed by atoms with Crippen LogP contribution in [0.3, 0.4) is 0 Å². The van der Waals surface area contributed by atoms with Gasteiger partial charge in [0.1, 0.15) is 11.2 Å². The molecular formula is C54H34N2O. The Bertz CT molecular complexity index is 3340. The fourth-order valence-corrected chi connectivity index (χ4v) is 9.20. The van der Waals surface area contributed by atoms with Crippen molar-refractivity contribution in [2.45, 2.75) is 0 Å². The Morgan fingerprint density at radius 1 is 0.281 bits per heavy atom. The van der Waals surface area contributed by atoms with Crippen molar-refractivity contribution < 1.29 is 4.42 Å². The van der Waals surface area contributed by atoms with Crippen molar-refractivity contribution in [3.8, 4) is 44.8 Å². The molecule has 3 heteroatoms. The van der Waals surface area contributed by atoms with Crippen molar-refractivity contribution in [3.63, 3.8) is 0 Å². The number of hydrogen-bond donors (Lipinski definition) is 0. The van der Waals surface area contributed by atoms with Gasteiger partial charge < -0.3 is 13.6 Å². The molecule has 12 aromatic rings. The van der Waals surface area contributed by atoms with E-state index < -0.39 is 0 Å². The number of hydrogen-bond acceptors (Lipinski definition) is 1. The first-order valence-electron chi connectivity index (χ1n) is 19.5. The number of nitrogens with zero attached hydrogens (tertiary/aromatic N) is 2. The zero-order valence-electron chi connectivity index (χ0n) is 30.9. The Kier molecular flexibility index (Phi) is 6.93. The summed E-state index contributed by atoms with van der Waals surface area (Å²) in [6, 6.07) is 74.6. The monoisotopic (exact) mass is 726 g/mol. The van der Waals surface area contributed by atoms with Crippen molar-refractivity contribution in [1.82, 2.24) is 9.13 Å². The maximum absolute atomic E-state index is 6.45. The van der Waals surface area contributed by atoms with Crippen molar-refractivity contribution in [1.29, 1.82) is 0 Å². The highest BCUT2D eigenvalue weighted by Crippen LogP contribution is 2.44. The molecule has 0 atom stereocenters. The first kappa shape index (κ1) is 31.7. The molecule has 3 heterocycles. The van der Waals surface area contributed by atoms with E-state index in [1.807, 2.05) is 12.1 Å². The third-order valence-corrected chi connectivity index (χ3v) is 11.7. The fourth-order valence-electron chi connectivity index (χ4n) is 9.20. The summed E-state index contributed by atoms with van der Waals surface area (Å²) < 4.78 is 11.3. The summed E-state index contributed by atoms with van der Waals surface area (Å²) in [5, 5.41) is 7.20. The Labute approximate surface area is 328 Å². The van der Waals surface area contributed by atoms with Crippen LogP contribution in [-0.2, 0) is 0 Å². The third kappa shape index (κ3) is 4.86. The van der Waals surface area contributed by atoms with Gasteiger partial charge in [0, 0.05) is 54.8 Å². The molecule has 12 rings (SSSR count). The first-order valence-corrected chi connectivity index (χ1v) is 19.5. The summed E-state index contributed by atoms with van der Waals surface area (Å²) >= 11 is 0. The van der Waals surface area contributed by atoms with E-state index in [2.05, 4.69) is 203 Å². The van der Waals surface area contributed by atoms with Crippen LogP contribution in [0.15, 0.2) is 211 Å². The molecule has 0 fully saturated rings. The van der Waals surface area contributed by atoms with Gasteiger partial charge in [0.15, 0.2) is 0 Å². The van der Waals surface area contributed by atoms with Gasteiger partial charge in [-0.25, -0.2) is 0 Å². The van der Waals surface area contributed by atoms with Gasteiger partial charge in [-0.1, -0.05) is 133 Å². The molecular weight excluding hydrogens is 693 g/mol. The zero-order chi connectivity index (χ0) is 37.5. The van der Waals surface area contributed by atoms with Crippen molar-refractivity contribution in [3.05, 3.63) is 206 Å². The summed E-state index contributed by atoms with van der Waals surface area (Å²) in [5.41, 5.74) is 15.7. The molecule has 57 heavy (non-hydrogen) atoms. The highest BCUT2D eigenvalue weighted by Gasteiger charge is 2.21. The molecule has 0 radical (unpaired) electrons. The van der Waals surface area contributed by atoms with Crippen molar-refractivity contribution in [2.75, 3.05) is 0 Å². The van der Waals surface area contributed by atoms with E-state index in [9.17, 15) is 0 Å². The molecule has 3 nitrogen and oxygen atoms in total. The summed E-state index contributed by atoms with van der Waals surface area (Å²) in [5.74, 6) is 0. The van der Waals surface area contributed by atoms with Gasteiger partial charge in [0.25, 0.3) is 0 Å². The van der Waals surface area contributed by atoms with Gasteiger partial charge in [-0.3, -0.25) is 0 Å². The normalized spacial score (nSPS) is 11.9. The average molecular weight is 727 g/mol. The van der Waals surface area contributed by atoms with Crippen LogP contribution in [0.25, 0.3) is 110 Å². The first-order chi connectivity index (χ1) is 28.3. The van der Waals surface area contributed by atoms with Crippen LogP contribution in [0.1, 0.15) is 0 Å². The Balaban J connectivity index is 1.18. The van der Waals surface area contributed by atoms with Crippen LogP contribution in [0, 0.1) is 0 Å². The molecule has 0 unspecified atom stereocenters. The van der Waals surface area contributed by atoms with Crippen LogP contribution in [0.4, 0.5) is 0 Å². The fraction of sp³-hybridized carbons (Fsp3) is 0. The second kappa shape index (κ2) is 12.5. The Morgan fingerprint density at radius 2 is 0.737 bits per heavy atom. The second-order valence-electron chi connectivity index (χ2n) is 14.9. The van der Waals surface area contributed by atoms with Gasteiger partial charge in [-0.15, -0.1) is 0 Å². The average Bonchev–Trinajstić information content (AvgIpc) is 3.94. The number of aromatic nitrogens is 2. The van der Waals surface area contributed by atoms with Crippen LogP contribution in [-0.4, -0.2) is 9.13 Å². The zero-order valence-corrected chi connectivity index (χ0v) is 30.9. The minimum absolute atomic E-state index is 0.887. The Morgan fingerprint density at radius 3 is 1.32 bits per heavy atom. The lowest BCUT2D eigenvalue weighted by molar-refractivity contribution is 0.669. The minimum atomic E-state index is 0.887. The Hall–Kier alpha value is -7.62. The second-order valence-corrected chi connectivity index (χ2v) is 14.9. The summed E-state index contributed by atoms with van der Waals surface area (Å²) in [6.45, 7) is 0. The quantitative estimate of drug-likeness (QED) is 0.173. The smallest absolute Gasteiger partial charge is 0.136 e. The van der Waals surface area contributed by atoms with E-state index in [1.165, 1.54) is 54.7 Å². The lowest BCUT2D eigenvalue weighted by Crippen LogP contribution is -1.96. The van der Waals surface area contributed by atoms with Gasteiger partial charge in [0.2, 0.25) is 0 Å². The summed E-state index contributed by atoms with van der Waals surface area (Å²) in [4.78, 5) is 0. The highest BCUT2D eigenvalue weighted by atomic mass is 16.3.